The Labute approximate surface area is 149 Å². The highest BCUT2D eigenvalue weighted by Crippen LogP contribution is 2.31. The number of nitrogens with zero attached hydrogens (tertiary/aromatic N) is 3. The molecule has 1 spiro atoms. The molecule has 0 atom stereocenters. The molecule has 3 rings (SSSR count). The number of carbonyl (C=O) groups is 2. The van der Waals surface area contributed by atoms with Crippen molar-refractivity contribution in [1.82, 2.24) is 20.0 Å². The van der Waals surface area contributed by atoms with Gasteiger partial charge >= 0.3 is 12.1 Å². The molecule has 0 radical (unpaired) electrons. The number of carbonyl (C=O) groups excluding carboxylic acids is 1. The van der Waals surface area contributed by atoms with E-state index < -0.39 is 12.1 Å². The van der Waals surface area contributed by atoms with Gasteiger partial charge in [-0.25, -0.2) is 4.79 Å². The fourth-order valence-corrected chi connectivity index (χ4v) is 3.33. The maximum absolute atomic E-state index is 11.6. The minimum absolute atomic E-state index is 0.0980. The molecule has 1 amide bonds. The van der Waals surface area contributed by atoms with Gasteiger partial charge in [-0.3, -0.25) is 14.4 Å². The van der Waals surface area contributed by atoms with Crippen LogP contribution < -0.4 is 5.32 Å². The number of halogens is 3. The lowest BCUT2D eigenvalue weighted by molar-refractivity contribution is -0.192. The van der Waals surface area contributed by atoms with Crippen molar-refractivity contribution in [1.29, 1.82) is 0 Å². The van der Waals surface area contributed by atoms with E-state index in [9.17, 15) is 18.0 Å². The molecular weight excluding hydrogens is 353 g/mol. The molecule has 0 aromatic carbocycles. The summed E-state index contributed by atoms with van der Waals surface area (Å²) in [6.07, 6.45) is 4.01. The van der Waals surface area contributed by atoms with Crippen molar-refractivity contribution in [3.8, 4) is 0 Å². The van der Waals surface area contributed by atoms with Gasteiger partial charge in [-0.1, -0.05) is 0 Å². The summed E-state index contributed by atoms with van der Waals surface area (Å²) in [6, 6.07) is 0. The van der Waals surface area contributed by atoms with Crippen LogP contribution in [0, 0.1) is 0 Å². The predicted octanol–water partition coefficient (Wildman–Crippen LogP) is 1.69. The van der Waals surface area contributed by atoms with E-state index in [1.54, 1.807) is 0 Å². The average molecular weight is 376 g/mol. The third kappa shape index (κ3) is 5.72. The van der Waals surface area contributed by atoms with Gasteiger partial charge in [0, 0.05) is 50.4 Å². The number of amides is 1. The first-order chi connectivity index (χ1) is 12.1. The molecule has 0 bridgehead atoms. The number of aromatic nitrogens is 2. The number of alkyl halides is 3. The lowest BCUT2D eigenvalue weighted by atomic mass is 9.80. The zero-order valence-electron chi connectivity index (χ0n) is 14.6. The Hall–Kier alpha value is -2.10. The Morgan fingerprint density at radius 3 is 2.42 bits per heavy atom. The van der Waals surface area contributed by atoms with Crippen molar-refractivity contribution < 1.29 is 27.9 Å². The summed E-state index contributed by atoms with van der Waals surface area (Å²) in [5.41, 5.74) is 1.37. The van der Waals surface area contributed by atoms with Gasteiger partial charge in [0.05, 0.1) is 6.20 Å². The van der Waals surface area contributed by atoms with Crippen LogP contribution in [0.5, 0.6) is 0 Å². The molecule has 2 aliphatic heterocycles. The summed E-state index contributed by atoms with van der Waals surface area (Å²) < 4.78 is 33.6. The highest BCUT2D eigenvalue weighted by Gasteiger charge is 2.38. The first-order valence-corrected chi connectivity index (χ1v) is 8.41. The average Bonchev–Trinajstić information content (AvgIpc) is 2.95. The van der Waals surface area contributed by atoms with Crippen LogP contribution >= 0.6 is 0 Å². The third-order valence-corrected chi connectivity index (χ3v) is 4.68. The zero-order valence-corrected chi connectivity index (χ0v) is 14.6. The van der Waals surface area contributed by atoms with E-state index in [2.05, 4.69) is 21.5 Å². The summed E-state index contributed by atoms with van der Waals surface area (Å²) in [5.74, 6) is -2.51. The Bertz CT molecular complexity index is 637. The molecule has 3 heterocycles. The number of hydrogen-bond donors (Lipinski definition) is 2. The molecule has 0 aliphatic carbocycles. The highest BCUT2D eigenvalue weighted by molar-refractivity contribution is 5.77. The van der Waals surface area contributed by atoms with E-state index in [0.717, 1.165) is 45.3 Å². The SMILES string of the molecule is Cn1cc(CN2CCC3(CCCC(=O)N3)CC2)cn1.O=C(O)C(F)(F)F. The molecule has 10 heteroatoms. The molecule has 146 valence electrons. The van der Waals surface area contributed by atoms with Crippen molar-refractivity contribution >= 4 is 11.9 Å². The van der Waals surface area contributed by atoms with Crippen molar-refractivity contribution in [3.63, 3.8) is 0 Å². The summed E-state index contributed by atoms with van der Waals surface area (Å²) in [5, 5.41) is 14.6. The van der Waals surface area contributed by atoms with E-state index in [1.165, 1.54) is 5.56 Å². The maximum atomic E-state index is 11.6. The van der Waals surface area contributed by atoms with Crippen LogP contribution in [0.1, 0.15) is 37.7 Å². The van der Waals surface area contributed by atoms with Crippen molar-refractivity contribution in [2.24, 2.45) is 7.05 Å². The molecule has 0 unspecified atom stereocenters. The monoisotopic (exact) mass is 376 g/mol. The van der Waals surface area contributed by atoms with Crippen LogP contribution in [0.3, 0.4) is 0 Å². The normalized spacial score (nSPS) is 20.2. The van der Waals surface area contributed by atoms with Gasteiger partial charge in [0.2, 0.25) is 5.91 Å². The standard InChI is InChI=1S/C14H22N4O.C2HF3O2/c1-17-10-12(9-15-17)11-18-7-5-14(6-8-18)4-2-3-13(19)16-14;3-2(4,5)1(6)7/h9-10H,2-8,11H2,1H3,(H,16,19);(H,6,7). The van der Waals surface area contributed by atoms with Crippen LogP contribution in [0.4, 0.5) is 13.2 Å². The number of likely N-dealkylation sites (tertiary alicyclic amines) is 1. The summed E-state index contributed by atoms with van der Waals surface area (Å²) >= 11 is 0. The summed E-state index contributed by atoms with van der Waals surface area (Å²) in [7, 11) is 1.95. The first-order valence-electron chi connectivity index (χ1n) is 8.41. The van der Waals surface area contributed by atoms with Gasteiger partial charge < -0.3 is 10.4 Å². The van der Waals surface area contributed by atoms with Gasteiger partial charge in [-0.15, -0.1) is 0 Å². The minimum atomic E-state index is -5.08. The van der Waals surface area contributed by atoms with Crippen molar-refractivity contribution in [3.05, 3.63) is 18.0 Å². The molecule has 7 nitrogen and oxygen atoms in total. The first kappa shape index (κ1) is 20.2. The fourth-order valence-electron chi connectivity index (χ4n) is 3.33. The van der Waals surface area contributed by atoms with Crippen LogP contribution in [0.2, 0.25) is 0 Å². The van der Waals surface area contributed by atoms with Gasteiger partial charge in [-0.2, -0.15) is 18.3 Å². The number of rotatable bonds is 2. The number of hydrogen-bond acceptors (Lipinski definition) is 4. The summed E-state index contributed by atoms with van der Waals surface area (Å²) in [4.78, 5) is 22.9. The fraction of sp³-hybridized carbons (Fsp3) is 0.688. The Kier molecular flexibility index (Phi) is 6.27. The third-order valence-electron chi connectivity index (χ3n) is 4.68. The number of aryl methyl sites for hydroxylation is 1. The lowest BCUT2D eigenvalue weighted by Gasteiger charge is -2.44. The van der Waals surface area contributed by atoms with E-state index in [-0.39, 0.29) is 11.4 Å². The number of aliphatic carboxylic acids is 1. The maximum Gasteiger partial charge on any atom is 0.490 e. The molecule has 1 aromatic heterocycles. The zero-order chi connectivity index (χ0) is 19.4. The van der Waals surface area contributed by atoms with Gasteiger partial charge in [0.25, 0.3) is 0 Å². The Morgan fingerprint density at radius 2 is 1.96 bits per heavy atom. The minimum Gasteiger partial charge on any atom is -0.475 e. The van der Waals surface area contributed by atoms with Gasteiger partial charge in [0.15, 0.2) is 0 Å². The number of nitrogens with one attached hydrogen (secondary N) is 1. The predicted molar refractivity (Wildman–Crippen MR) is 86.1 cm³/mol. The molecule has 26 heavy (non-hydrogen) atoms. The Balaban J connectivity index is 0.000000298. The lowest BCUT2D eigenvalue weighted by Crippen LogP contribution is -2.57. The van der Waals surface area contributed by atoms with Crippen LogP contribution in [-0.2, 0) is 23.2 Å². The van der Waals surface area contributed by atoms with Crippen LogP contribution in [0.25, 0.3) is 0 Å². The van der Waals surface area contributed by atoms with Crippen LogP contribution in [0.15, 0.2) is 12.4 Å². The second-order valence-corrected chi connectivity index (χ2v) is 6.78. The quantitative estimate of drug-likeness (QED) is 0.820. The highest BCUT2D eigenvalue weighted by atomic mass is 19.4. The second-order valence-electron chi connectivity index (χ2n) is 6.78. The van der Waals surface area contributed by atoms with Gasteiger partial charge in [0.1, 0.15) is 0 Å². The van der Waals surface area contributed by atoms with E-state index in [1.807, 2.05) is 17.9 Å². The van der Waals surface area contributed by atoms with E-state index in [4.69, 9.17) is 9.90 Å². The molecule has 1 aromatic rings. The molecule has 2 N–H and O–H groups in total. The summed E-state index contributed by atoms with van der Waals surface area (Å²) in [6.45, 7) is 3.10. The molecular formula is C16H23F3N4O3. The number of carboxylic acid groups (broad SMARTS) is 1. The van der Waals surface area contributed by atoms with Crippen LogP contribution in [-0.4, -0.2) is 56.5 Å². The molecule has 2 saturated heterocycles. The molecule has 2 fully saturated rings. The second kappa shape index (κ2) is 8.07. The van der Waals surface area contributed by atoms with E-state index in [0.29, 0.717) is 6.42 Å². The number of piperidine rings is 2. The van der Waals surface area contributed by atoms with Crippen molar-refractivity contribution in [2.45, 2.75) is 50.4 Å². The smallest absolute Gasteiger partial charge is 0.475 e. The number of carboxylic acids is 1. The Morgan fingerprint density at radius 1 is 1.35 bits per heavy atom. The van der Waals surface area contributed by atoms with Gasteiger partial charge in [-0.05, 0) is 25.7 Å². The largest absolute Gasteiger partial charge is 0.490 e. The molecule has 0 saturated carbocycles. The molecule has 2 aliphatic rings. The topological polar surface area (TPSA) is 87.5 Å². The van der Waals surface area contributed by atoms with Crippen molar-refractivity contribution in [2.75, 3.05) is 13.1 Å². The van der Waals surface area contributed by atoms with E-state index >= 15 is 0 Å².